The number of nitrogens with one attached hydrogen (secondary N) is 1. The molecular weight excluding hydrogens is 1710 g/mol. The number of thiol groups is 1. The molecule has 26 nitrogen and oxygen atoms in total. The molecule has 612 valence electrons. The van der Waals surface area contributed by atoms with Gasteiger partial charge in [-0.1, -0.05) is 130 Å². The molecule has 3 heterocycles. The number of ether oxygens (including phenoxy) is 1. The number of nitrogens with zero attached hydrogens (tertiary/aromatic N) is 7. The van der Waals surface area contributed by atoms with Crippen molar-refractivity contribution in [3.63, 3.8) is 0 Å². The molecule has 0 spiro atoms. The number of aryl methyl sites for hydroxylation is 6. The molecule has 117 heavy (non-hydrogen) atoms. The molecule has 11 rings (SSSR count). The molecule has 33 heteroatoms. The molecule has 11 N–H and O–H groups in total. The second kappa shape index (κ2) is 50.3. The minimum Gasteiger partial charge on any atom is -0.478 e. The minimum atomic E-state index is -1.35. The number of thioether (sulfide) groups is 2. The number of carboxylic acid groups (broad SMARTS) is 4. The van der Waals surface area contributed by atoms with Gasteiger partial charge < -0.3 is 52.0 Å². The van der Waals surface area contributed by atoms with E-state index in [-0.39, 0.29) is 44.3 Å². The van der Waals surface area contributed by atoms with E-state index in [1.165, 1.54) is 78.2 Å². The van der Waals surface area contributed by atoms with Crippen LogP contribution in [0, 0.1) is 51.7 Å². The van der Waals surface area contributed by atoms with Gasteiger partial charge in [0.1, 0.15) is 27.4 Å². The quantitative estimate of drug-likeness (QED) is 0.00683. The third-order valence-electron chi connectivity index (χ3n) is 15.7. The molecule has 0 aliphatic heterocycles. The summed E-state index contributed by atoms with van der Waals surface area (Å²) in [6.45, 7) is 19.2. The second-order valence-electron chi connectivity index (χ2n) is 26.0. The van der Waals surface area contributed by atoms with E-state index in [0.29, 0.717) is 73.3 Å². The Bertz CT molecular complexity index is 5100. The maximum atomic E-state index is 12.4. The highest BCUT2D eigenvalue weighted by atomic mass is 79.9. The summed E-state index contributed by atoms with van der Waals surface area (Å²) in [7, 11) is -1.35. The Morgan fingerprint density at radius 2 is 1.00 bits per heavy atom. The van der Waals surface area contributed by atoms with E-state index in [9.17, 15) is 43.7 Å². The fourth-order valence-electron chi connectivity index (χ4n) is 9.21. The number of carbonyl (C=O) groups excluding carboxylic acids is 3. The van der Waals surface area contributed by atoms with Crippen molar-refractivity contribution in [2.24, 2.45) is 0 Å². The number of alkyl halides is 1. The van der Waals surface area contributed by atoms with E-state index < -0.39 is 47.4 Å². The largest absolute Gasteiger partial charge is 0.488 e. The third kappa shape index (κ3) is 37.5. The van der Waals surface area contributed by atoms with Crippen LogP contribution >= 0.6 is 79.6 Å². The Hall–Kier alpha value is -11.2. The number of nitro benzene ring substituents is 1. The lowest BCUT2D eigenvalue weighted by Crippen LogP contribution is -2.29. The van der Waals surface area contributed by atoms with Crippen LogP contribution in [-0.2, 0) is 36.9 Å². The van der Waals surface area contributed by atoms with Crippen LogP contribution in [0.3, 0.4) is 0 Å². The van der Waals surface area contributed by atoms with Gasteiger partial charge in [0.25, 0.3) is 11.6 Å². The number of carboxylic acids is 4. The summed E-state index contributed by atoms with van der Waals surface area (Å²) in [5.41, 5.74) is 25.8. The van der Waals surface area contributed by atoms with Crippen LogP contribution in [0.1, 0.15) is 142 Å². The number of carbonyl (C=O) groups is 7. The maximum absolute atomic E-state index is 12.4. The van der Waals surface area contributed by atoms with Gasteiger partial charge in [0.2, 0.25) is 0 Å². The predicted molar refractivity (Wildman–Crippen MR) is 472 cm³/mol. The number of nitrogen functional groups attached to an aromatic ring is 2. The van der Waals surface area contributed by atoms with Crippen molar-refractivity contribution in [1.29, 1.82) is 0 Å². The van der Waals surface area contributed by atoms with Crippen molar-refractivity contribution in [1.82, 2.24) is 29.9 Å². The molecule has 0 aliphatic carbocycles. The zero-order chi connectivity index (χ0) is 87.1. The average molecular weight is 1800 g/mol. The molecular formula is C84H88BBr2ClN10O16S3. The molecule has 1 amide bonds. The van der Waals surface area contributed by atoms with E-state index in [1.54, 1.807) is 109 Å². The molecule has 0 saturated heterocycles. The Balaban J connectivity index is 0.000000289. The molecule has 0 fully saturated rings. The normalized spacial score (nSPS) is 10.2. The Morgan fingerprint density at radius 3 is 1.40 bits per heavy atom. The first-order valence-electron chi connectivity index (χ1n) is 35.1. The van der Waals surface area contributed by atoms with Crippen LogP contribution in [0.2, 0.25) is 5.02 Å². The summed E-state index contributed by atoms with van der Waals surface area (Å²) < 4.78 is 5.91. The Morgan fingerprint density at radius 1 is 0.556 bits per heavy atom. The van der Waals surface area contributed by atoms with E-state index in [0.717, 1.165) is 55.8 Å². The van der Waals surface area contributed by atoms with E-state index in [1.807, 2.05) is 103 Å². The van der Waals surface area contributed by atoms with Gasteiger partial charge in [0.15, 0.2) is 10.9 Å². The lowest BCUT2D eigenvalue weighted by molar-refractivity contribution is -0.385. The Kier molecular flexibility index (Phi) is 42.2. The van der Waals surface area contributed by atoms with Crippen molar-refractivity contribution in [3.05, 3.63) is 310 Å². The lowest BCUT2D eigenvalue weighted by Gasteiger charge is -2.19. The van der Waals surface area contributed by atoms with Crippen molar-refractivity contribution < 1.29 is 73.7 Å². The Labute approximate surface area is 713 Å². The predicted octanol–water partition coefficient (Wildman–Crippen LogP) is 17.3. The van der Waals surface area contributed by atoms with Gasteiger partial charge in [0, 0.05) is 57.5 Å². The van der Waals surface area contributed by atoms with Crippen LogP contribution in [0.4, 0.5) is 23.1 Å². The van der Waals surface area contributed by atoms with E-state index in [2.05, 4.69) is 106 Å². The number of anilines is 3. The highest BCUT2D eigenvalue weighted by molar-refractivity contribution is 9.10. The molecule has 8 aromatic carbocycles. The van der Waals surface area contributed by atoms with Crippen LogP contribution < -0.4 is 22.2 Å². The average Bonchev–Trinajstić information content (AvgIpc) is 0.827. The number of benzene rings is 8. The number of rotatable bonds is 19. The van der Waals surface area contributed by atoms with Crippen molar-refractivity contribution >= 4 is 156 Å². The summed E-state index contributed by atoms with van der Waals surface area (Å²) in [6.07, 6.45) is 9.61. The number of hydrogen-bond acceptors (Lipinski definition) is 23. The summed E-state index contributed by atoms with van der Waals surface area (Å²) in [5.74, 6) is -1.03. The van der Waals surface area contributed by atoms with Crippen LogP contribution in [0.25, 0.3) is 22.5 Å². The van der Waals surface area contributed by atoms with Gasteiger partial charge in [-0.3, -0.25) is 34.5 Å². The molecule has 0 aliphatic rings. The molecule has 0 atom stereocenters. The topological polar surface area (TPSA) is 435 Å². The smallest absolute Gasteiger partial charge is 0.478 e. The SMILES string of the molecule is CC(=O)SCc1cccc(C(=O)O)c1.CC(C)(C)OC(=O)CCSCc1cccc(C(=O)O)c1.Cc1ccc(-c2cnc(N)cn2)cc1C.Cc1ccc(-c2cnc(NC(=O)c3cc(Cl)ccc3[N+](=O)[O-])cn2)cc1C.Cc1ccc(B(O)O)cc1C.Nc1cnc(Br)cn1.O=C(O)c1cccc(CBr)c1.O=C(O)c1cccc(CS)c1. The summed E-state index contributed by atoms with van der Waals surface area (Å²) >= 11 is 19.0. The van der Waals surface area contributed by atoms with Gasteiger partial charge in [-0.25, -0.2) is 39.1 Å². The first kappa shape index (κ1) is 98.1. The number of esters is 1. The first-order valence-corrected chi connectivity index (χ1v) is 40.2. The zero-order valence-corrected chi connectivity index (χ0v) is 71.9. The van der Waals surface area contributed by atoms with Crippen molar-refractivity contribution in [2.45, 2.75) is 104 Å². The monoisotopic (exact) mass is 1790 g/mol. The molecule has 11 aromatic rings. The van der Waals surface area contributed by atoms with Crippen molar-refractivity contribution in [3.8, 4) is 22.5 Å². The van der Waals surface area contributed by atoms with Crippen molar-refractivity contribution in [2.75, 3.05) is 22.5 Å². The lowest BCUT2D eigenvalue weighted by atomic mass is 9.79. The minimum absolute atomic E-state index is 0.0331. The van der Waals surface area contributed by atoms with Gasteiger partial charge in [-0.05, 0) is 212 Å². The summed E-state index contributed by atoms with van der Waals surface area (Å²) in [5, 5.41) is 66.9. The number of nitrogens with two attached hydrogens (primary N) is 2. The number of hydrogen-bond donors (Lipinski definition) is 10. The standard InChI is InChI=1S/C19H15ClN4O3.C15H20O4S.C12H13N3.C10H10O3S.C8H11BO2.C8H7BrO2.C8H8O2S.C4H4BrN3/c1-11-3-4-13(7-12(11)2)16-9-22-18(10-21-16)23-19(25)15-8-14(20)5-6-17(15)24(26)27;1-15(2,3)19-13(16)7-8-20-10-11-5-4-6-12(9-11)14(17)18;1-8-3-4-10(5-9(8)2)11-6-15-12(13)7-14-11;1-7(11)14-6-8-3-2-4-9(5-8)10(12)13;1-6-3-4-8(9(10)11)5-7(6)2;9-5-6-2-1-3-7(4-6)8(10)11;9-8(10)7-3-1-2-6(4-7)5-11;5-3-1-8-4(6)2-7-3/h3-10H,1-2H3,(H,22,23,25);4-6,9H,7-8,10H2,1-3H3,(H,17,18);3-7H,1-2H3,(H2,13,15);2-5H,6H2,1H3,(H,12,13);3-5,10-11H,1-2H3;1-4H,5H2,(H,10,11);1-4,11H,5H2,(H,9,10);1-2H,(H2,6,8). The number of aromatic carboxylic acids is 4. The van der Waals surface area contributed by atoms with Gasteiger partial charge in [-0.15, -0.1) is 0 Å². The highest BCUT2D eigenvalue weighted by Crippen LogP contribution is 2.26. The number of amides is 1. The van der Waals surface area contributed by atoms with Crippen LogP contribution in [-0.4, -0.2) is 125 Å². The number of halogens is 3. The molecule has 0 radical (unpaired) electrons. The number of nitro groups is 1. The summed E-state index contributed by atoms with van der Waals surface area (Å²) in [6, 6.07) is 48.4. The van der Waals surface area contributed by atoms with Gasteiger partial charge in [-0.2, -0.15) is 24.4 Å². The van der Waals surface area contributed by atoms with Crippen LogP contribution in [0.5, 0.6) is 0 Å². The molecule has 3 aromatic heterocycles. The molecule has 0 unspecified atom stereocenters. The first-order chi connectivity index (χ1) is 55.2. The molecule has 0 bridgehead atoms. The summed E-state index contributed by atoms with van der Waals surface area (Å²) in [4.78, 5) is 112. The van der Waals surface area contributed by atoms with Crippen LogP contribution in [0.15, 0.2) is 212 Å². The van der Waals surface area contributed by atoms with Gasteiger partial charge >= 0.3 is 37.0 Å². The fraction of sp³-hybridized carbons (Fsp3) is 0.202. The number of aromatic nitrogens is 6. The highest BCUT2D eigenvalue weighted by Gasteiger charge is 2.22. The van der Waals surface area contributed by atoms with E-state index >= 15 is 0 Å². The third-order valence-corrected chi connectivity index (χ3v) is 19.2. The van der Waals surface area contributed by atoms with Gasteiger partial charge in [0.05, 0.1) is 82.2 Å². The maximum Gasteiger partial charge on any atom is 0.488 e. The second-order valence-corrected chi connectivity index (χ2v) is 30.4. The van der Waals surface area contributed by atoms with E-state index in [4.69, 9.17) is 58.3 Å². The molecule has 0 saturated carbocycles. The zero-order valence-electron chi connectivity index (χ0n) is 65.4. The fourth-order valence-corrected chi connectivity index (χ4v) is 11.6.